The van der Waals surface area contributed by atoms with Crippen molar-refractivity contribution in [3.8, 4) is 0 Å². The third kappa shape index (κ3) is 4.71. The van der Waals surface area contributed by atoms with Gasteiger partial charge in [-0.05, 0) is 71.9 Å². The van der Waals surface area contributed by atoms with Gasteiger partial charge in [0.05, 0.1) is 6.61 Å². The first-order valence-electron chi connectivity index (χ1n) is 8.08. The van der Waals surface area contributed by atoms with Gasteiger partial charge in [0, 0.05) is 12.1 Å². The van der Waals surface area contributed by atoms with Crippen molar-refractivity contribution in [1.29, 1.82) is 0 Å². The highest BCUT2D eigenvalue weighted by Gasteiger charge is 2.25. The predicted molar refractivity (Wildman–Crippen MR) is 79.4 cm³/mol. The summed E-state index contributed by atoms with van der Waals surface area (Å²) in [5, 5.41) is 12.3. The van der Waals surface area contributed by atoms with Gasteiger partial charge >= 0.3 is 0 Å². The quantitative estimate of drug-likeness (QED) is 0.752. The fraction of sp³-hybridized carbons (Fsp3) is 1.00. The van der Waals surface area contributed by atoms with Crippen molar-refractivity contribution in [2.75, 3.05) is 46.4 Å². The van der Waals surface area contributed by atoms with Crippen molar-refractivity contribution in [1.82, 2.24) is 15.1 Å². The summed E-state index contributed by atoms with van der Waals surface area (Å²) in [6.07, 6.45) is 7.97. The molecule has 0 radical (unpaired) electrons. The van der Waals surface area contributed by atoms with Crippen molar-refractivity contribution < 1.29 is 5.11 Å². The molecule has 2 aliphatic rings. The van der Waals surface area contributed by atoms with Crippen molar-refractivity contribution in [2.24, 2.45) is 0 Å². The second-order valence-electron chi connectivity index (χ2n) is 6.13. The lowest BCUT2D eigenvalue weighted by molar-refractivity contribution is 0.0893. The van der Waals surface area contributed by atoms with Gasteiger partial charge in [-0.2, -0.15) is 0 Å². The van der Waals surface area contributed by atoms with Crippen LogP contribution in [0, 0.1) is 0 Å². The molecule has 0 aromatic carbocycles. The number of rotatable bonds is 6. The molecule has 2 fully saturated rings. The summed E-state index contributed by atoms with van der Waals surface area (Å²) in [5.74, 6) is 0. The third-order valence-electron chi connectivity index (χ3n) is 4.89. The number of hydrogen-bond acceptors (Lipinski definition) is 4. The Morgan fingerprint density at radius 1 is 1.11 bits per heavy atom. The summed E-state index contributed by atoms with van der Waals surface area (Å²) >= 11 is 0. The van der Waals surface area contributed by atoms with Crippen LogP contribution in [0.4, 0.5) is 0 Å². The maximum Gasteiger partial charge on any atom is 0.0585 e. The molecule has 2 saturated heterocycles. The number of hydrogen-bond donors (Lipinski definition) is 2. The number of likely N-dealkylation sites (N-methyl/N-ethyl adjacent to an activating group) is 1. The largest absolute Gasteiger partial charge is 0.395 e. The Bertz CT molecular complexity index is 232. The fourth-order valence-corrected chi connectivity index (χ4v) is 3.46. The van der Waals surface area contributed by atoms with E-state index in [1.807, 2.05) is 7.05 Å². The number of piperidine rings is 2. The molecule has 1 unspecified atom stereocenters. The van der Waals surface area contributed by atoms with Crippen molar-refractivity contribution in [3.63, 3.8) is 0 Å². The van der Waals surface area contributed by atoms with Gasteiger partial charge in [-0.25, -0.2) is 0 Å². The van der Waals surface area contributed by atoms with Gasteiger partial charge < -0.3 is 20.2 Å². The van der Waals surface area contributed by atoms with Crippen LogP contribution in [0.3, 0.4) is 0 Å². The average molecular weight is 269 g/mol. The molecule has 0 saturated carbocycles. The van der Waals surface area contributed by atoms with E-state index in [4.69, 9.17) is 0 Å². The minimum Gasteiger partial charge on any atom is -0.395 e. The Labute approximate surface area is 118 Å². The molecule has 1 atom stereocenters. The van der Waals surface area contributed by atoms with Crippen LogP contribution in [-0.4, -0.2) is 73.4 Å². The number of aliphatic hydroxyl groups excluding tert-OH is 1. The van der Waals surface area contributed by atoms with E-state index in [2.05, 4.69) is 15.1 Å². The molecule has 2 rings (SSSR count). The van der Waals surface area contributed by atoms with Gasteiger partial charge in [0.1, 0.15) is 0 Å². The van der Waals surface area contributed by atoms with Crippen LogP contribution in [0.15, 0.2) is 0 Å². The number of nitrogens with zero attached hydrogens (tertiary/aromatic N) is 2. The van der Waals surface area contributed by atoms with Gasteiger partial charge in [0.25, 0.3) is 0 Å². The fourth-order valence-electron chi connectivity index (χ4n) is 3.46. The molecule has 0 bridgehead atoms. The third-order valence-corrected chi connectivity index (χ3v) is 4.89. The first-order valence-corrected chi connectivity index (χ1v) is 8.08. The molecule has 19 heavy (non-hydrogen) atoms. The van der Waals surface area contributed by atoms with Crippen LogP contribution in [0.1, 0.15) is 38.5 Å². The highest BCUT2D eigenvalue weighted by Crippen LogP contribution is 2.20. The van der Waals surface area contributed by atoms with Crippen LogP contribution in [-0.2, 0) is 0 Å². The molecular weight excluding hydrogens is 238 g/mol. The van der Waals surface area contributed by atoms with Crippen LogP contribution in [0.5, 0.6) is 0 Å². The van der Waals surface area contributed by atoms with E-state index in [-0.39, 0.29) is 12.6 Å². The Morgan fingerprint density at radius 2 is 1.79 bits per heavy atom. The monoisotopic (exact) mass is 269 g/mol. The van der Waals surface area contributed by atoms with Crippen LogP contribution >= 0.6 is 0 Å². The summed E-state index contributed by atoms with van der Waals surface area (Å²) in [7, 11) is 1.93. The van der Waals surface area contributed by atoms with Gasteiger partial charge in [0.15, 0.2) is 0 Å². The van der Waals surface area contributed by atoms with Gasteiger partial charge in [-0.1, -0.05) is 6.42 Å². The van der Waals surface area contributed by atoms with Crippen molar-refractivity contribution in [3.05, 3.63) is 0 Å². The summed E-state index contributed by atoms with van der Waals surface area (Å²) < 4.78 is 0. The van der Waals surface area contributed by atoms with E-state index in [9.17, 15) is 5.11 Å². The molecule has 0 aromatic rings. The first kappa shape index (κ1) is 15.2. The lowest BCUT2D eigenvalue weighted by Gasteiger charge is -2.40. The summed E-state index contributed by atoms with van der Waals surface area (Å²) in [6.45, 7) is 6.51. The predicted octanol–water partition coefficient (Wildman–Crippen LogP) is 0.907. The SMILES string of the molecule is CNC(CO)CCN1CCC(N2CCCCC2)CC1. The van der Waals surface area contributed by atoms with Gasteiger partial charge in [-0.15, -0.1) is 0 Å². The zero-order valence-electron chi connectivity index (χ0n) is 12.5. The Morgan fingerprint density at radius 3 is 2.37 bits per heavy atom. The maximum atomic E-state index is 9.18. The van der Waals surface area contributed by atoms with Gasteiger partial charge in [0.2, 0.25) is 0 Å². The molecule has 0 aromatic heterocycles. The van der Waals surface area contributed by atoms with E-state index in [0.29, 0.717) is 0 Å². The highest BCUT2D eigenvalue weighted by molar-refractivity contribution is 4.82. The molecule has 2 N–H and O–H groups in total. The van der Waals surface area contributed by atoms with Crippen molar-refractivity contribution >= 4 is 0 Å². The summed E-state index contributed by atoms with van der Waals surface area (Å²) in [4.78, 5) is 5.30. The Kier molecular flexibility index (Phi) is 6.57. The lowest BCUT2D eigenvalue weighted by atomic mass is 9.99. The zero-order valence-corrected chi connectivity index (χ0v) is 12.5. The number of nitrogens with one attached hydrogen (secondary N) is 1. The molecule has 0 aliphatic carbocycles. The van der Waals surface area contributed by atoms with Crippen LogP contribution in [0.2, 0.25) is 0 Å². The van der Waals surface area contributed by atoms with E-state index in [0.717, 1.165) is 19.0 Å². The van der Waals surface area contributed by atoms with E-state index >= 15 is 0 Å². The summed E-state index contributed by atoms with van der Waals surface area (Å²) in [5.41, 5.74) is 0. The highest BCUT2D eigenvalue weighted by atomic mass is 16.3. The van der Waals surface area contributed by atoms with E-state index in [1.54, 1.807) is 0 Å². The molecule has 2 heterocycles. The summed E-state index contributed by atoms with van der Waals surface area (Å²) in [6, 6.07) is 1.11. The number of likely N-dealkylation sites (tertiary alicyclic amines) is 2. The Hall–Kier alpha value is -0.160. The maximum absolute atomic E-state index is 9.18. The second kappa shape index (κ2) is 8.20. The molecule has 2 aliphatic heterocycles. The van der Waals surface area contributed by atoms with Crippen LogP contribution in [0.25, 0.3) is 0 Å². The van der Waals surface area contributed by atoms with E-state index < -0.39 is 0 Å². The smallest absolute Gasteiger partial charge is 0.0585 e. The molecular formula is C15H31N3O. The topological polar surface area (TPSA) is 38.7 Å². The minimum atomic E-state index is 0.251. The standard InChI is InChI=1S/C15H31N3O/c1-16-14(13-19)5-10-17-11-6-15(7-12-17)18-8-3-2-4-9-18/h14-16,19H,2-13H2,1H3. The molecule has 0 amide bonds. The first-order chi connectivity index (χ1) is 9.33. The molecule has 112 valence electrons. The normalized spacial score (nSPS) is 25.6. The van der Waals surface area contributed by atoms with Crippen molar-refractivity contribution in [2.45, 2.75) is 50.6 Å². The lowest BCUT2D eigenvalue weighted by Crippen LogP contribution is -2.47. The van der Waals surface area contributed by atoms with E-state index in [1.165, 1.54) is 58.3 Å². The zero-order chi connectivity index (χ0) is 13.5. The van der Waals surface area contributed by atoms with Crippen LogP contribution < -0.4 is 5.32 Å². The Balaban J connectivity index is 1.64. The average Bonchev–Trinajstić information content (AvgIpc) is 2.50. The molecule has 0 spiro atoms. The minimum absolute atomic E-state index is 0.251. The molecule has 4 heteroatoms. The second-order valence-corrected chi connectivity index (χ2v) is 6.13. The van der Waals surface area contributed by atoms with Gasteiger partial charge in [-0.3, -0.25) is 0 Å². The molecule has 4 nitrogen and oxygen atoms in total. The number of aliphatic hydroxyl groups is 1.